The van der Waals surface area contributed by atoms with Gasteiger partial charge in [0.15, 0.2) is 0 Å². The number of urea groups is 1. The molecule has 0 saturated carbocycles. The summed E-state index contributed by atoms with van der Waals surface area (Å²) in [7, 11) is 0. The predicted octanol–water partition coefficient (Wildman–Crippen LogP) is 3.00. The minimum Gasteiger partial charge on any atom is -0.484 e. The average Bonchev–Trinajstić information content (AvgIpc) is 2.97. The Morgan fingerprint density at radius 2 is 1.98 bits per heavy atom. The Hall–Kier alpha value is -4.16. The summed E-state index contributed by atoms with van der Waals surface area (Å²) in [6.45, 7) is 9.57. The van der Waals surface area contributed by atoms with Crippen LogP contribution >= 0.6 is 0 Å². The van der Waals surface area contributed by atoms with Crippen molar-refractivity contribution in [3.05, 3.63) is 71.0 Å². The van der Waals surface area contributed by atoms with E-state index in [9.17, 15) is 9.90 Å². The zero-order valence-corrected chi connectivity index (χ0v) is 25.4. The van der Waals surface area contributed by atoms with Gasteiger partial charge in [-0.3, -0.25) is 25.7 Å². The summed E-state index contributed by atoms with van der Waals surface area (Å²) in [5, 5.41) is 32.2. The molecule has 43 heavy (non-hydrogen) atoms. The minimum absolute atomic E-state index is 0.0356. The van der Waals surface area contributed by atoms with E-state index in [4.69, 9.17) is 26.0 Å². The van der Waals surface area contributed by atoms with Gasteiger partial charge >= 0.3 is 6.03 Å². The standard InChI is InChI=1S/C31H44N8O4/c1-20-19-42-16-14-38(20)29(34)39-18-21(9-12-27(39)33)43-25-11-10-24(22-7-5-6-8-23(22)25)36-30(41)37-28(35-13-15-40)17-26(32)31(2,3)4/h5-9,12,17-18,20,24-25,33-34,40H,10-11,13-16,19,32H2,1-4H3,(H2,35,36,37,41)/b26-17-,33-27?,34-29?/t20-,24?,25?/m0/s1. The average molecular weight is 593 g/mol. The quantitative estimate of drug-likeness (QED) is 0.222. The molecule has 1 aromatic carbocycles. The molecule has 1 aliphatic carbocycles. The summed E-state index contributed by atoms with van der Waals surface area (Å²) < 4.78 is 13.5. The third kappa shape index (κ3) is 8.02. The lowest BCUT2D eigenvalue weighted by Crippen LogP contribution is -2.51. The molecule has 1 saturated heterocycles. The monoisotopic (exact) mass is 592 g/mol. The highest BCUT2D eigenvalue weighted by atomic mass is 16.5. The van der Waals surface area contributed by atoms with E-state index in [-0.39, 0.29) is 54.0 Å². The molecule has 2 heterocycles. The van der Waals surface area contributed by atoms with Crippen molar-refractivity contribution in [2.75, 3.05) is 32.9 Å². The van der Waals surface area contributed by atoms with Crippen LogP contribution in [0.2, 0.25) is 0 Å². The maximum absolute atomic E-state index is 13.1. The van der Waals surface area contributed by atoms with Crippen molar-refractivity contribution in [2.24, 2.45) is 16.1 Å². The number of hydrogen-bond donors (Lipinski definition) is 6. The lowest BCUT2D eigenvalue weighted by Gasteiger charge is -2.35. The highest BCUT2D eigenvalue weighted by Gasteiger charge is 2.30. The number of fused-ring (bicyclic) bond motifs is 1. The highest BCUT2D eigenvalue weighted by Crippen LogP contribution is 2.38. The van der Waals surface area contributed by atoms with Crippen LogP contribution in [0.15, 0.2) is 59.4 Å². The Kier molecular flexibility index (Phi) is 10.3. The van der Waals surface area contributed by atoms with Crippen LogP contribution in [0.5, 0.6) is 5.75 Å². The fraction of sp³-hybridized carbons (Fsp3) is 0.484. The van der Waals surface area contributed by atoms with Gasteiger partial charge < -0.3 is 30.5 Å². The molecule has 2 aromatic rings. The van der Waals surface area contributed by atoms with Crippen LogP contribution in [-0.4, -0.2) is 71.4 Å². The molecule has 12 nitrogen and oxygen atoms in total. The van der Waals surface area contributed by atoms with Gasteiger partial charge in [-0.05, 0) is 49.1 Å². The van der Waals surface area contributed by atoms with Gasteiger partial charge in [-0.15, -0.1) is 0 Å². The number of benzene rings is 1. The van der Waals surface area contributed by atoms with Gasteiger partial charge in [0, 0.05) is 17.7 Å². The lowest BCUT2D eigenvalue weighted by molar-refractivity contribution is 0.0312. The number of carbonyl (C=O) groups is 1. The number of pyridine rings is 1. The van der Waals surface area contributed by atoms with Gasteiger partial charge in [0.1, 0.15) is 23.2 Å². The molecule has 2 unspecified atom stereocenters. The maximum atomic E-state index is 13.1. The molecule has 2 aliphatic rings. The van der Waals surface area contributed by atoms with Gasteiger partial charge in [-0.25, -0.2) is 4.79 Å². The number of morpholine rings is 1. The first-order chi connectivity index (χ1) is 20.5. The first-order valence-corrected chi connectivity index (χ1v) is 14.6. The number of aliphatic hydroxyl groups excluding tert-OH is 1. The molecule has 7 N–H and O–H groups in total. The van der Waals surface area contributed by atoms with Crippen molar-refractivity contribution in [1.29, 1.82) is 10.8 Å². The SMILES string of the molecule is C[C@H]1COCCN1C(=N)n1cc(OC2CCC(NC(=O)NC(/C=C(\N)C(C)(C)C)=NCCO)c3ccccc32)ccc1=N. The van der Waals surface area contributed by atoms with Crippen molar-refractivity contribution >= 4 is 17.8 Å². The summed E-state index contributed by atoms with van der Waals surface area (Å²) in [6, 6.07) is 10.6. The number of aliphatic imine (C=N–C) groups is 1. The van der Waals surface area contributed by atoms with Gasteiger partial charge in [-0.2, -0.15) is 0 Å². The van der Waals surface area contributed by atoms with Crippen LogP contribution in [-0.2, 0) is 4.74 Å². The van der Waals surface area contributed by atoms with Crippen molar-refractivity contribution < 1.29 is 19.4 Å². The fourth-order valence-electron chi connectivity index (χ4n) is 5.06. The number of rotatable bonds is 6. The Morgan fingerprint density at radius 1 is 1.23 bits per heavy atom. The molecule has 2 amide bonds. The molecule has 0 spiro atoms. The summed E-state index contributed by atoms with van der Waals surface area (Å²) in [5.74, 6) is 1.05. The van der Waals surface area contributed by atoms with E-state index in [2.05, 4.69) is 15.6 Å². The van der Waals surface area contributed by atoms with E-state index in [1.807, 2.05) is 56.9 Å². The number of aromatic nitrogens is 1. The van der Waals surface area contributed by atoms with Crippen LogP contribution in [0.1, 0.15) is 63.8 Å². The van der Waals surface area contributed by atoms with Crippen molar-refractivity contribution in [2.45, 2.75) is 58.7 Å². The van der Waals surface area contributed by atoms with Crippen LogP contribution in [0, 0.1) is 16.2 Å². The van der Waals surface area contributed by atoms with Crippen LogP contribution in [0.3, 0.4) is 0 Å². The fourth-order valence-corrected chi connectivity index (χ4v) is 5.06. The number of nitrogens with one attached hydrogen (secondary N) is 4. The maximum Gasteiger partial charge on any atom is 0.320 e. The largest absolute Gasteiger partial charge is 0.484 e. The Morgan fingerprint density at radius 3 is 2.67 bits per heavy atom. The van der Waals surface area contributed by atoms with Crippen LogP contribution in [0.4, 0.5) is 4.79 Å². The molecule has 3 atom stereocenters. The first kappa shape index (κ1) is 31.8. The Balaban J connectivity index is 1.48. The van der Waals surface area contributed by atoms with Crippen LogP contribution < -0.4 is 26.6 Å². The molecule has 0 bridgehead atoms. The van der Waals surface area contributed by atoms with Gasteiger partial charge in [-0.1, -0.05) is 45.0 Å². The summed E-state index contributed by atoms with van der Waals surface area (Å²) in [4.78, 5) is 19.3. The second kappa shape index (κ2) is 13.9. The third-order valence-corrected chi connectivity index (χ3v) is 7.59. The molecule has 1 fully saturated rings. The van der Waals surface area contributed by atoms with Crippen molar-refractivity contribution in [3.8, 4) is 5.75 Å². The number of amidine groups is 1. The zero-order chi connectivity index (χ0) is 31.1. The van der Waals surface area contributed by atoms with E-state index in [1.165, 1.54) is 4.57 Å². The molecule has 232 valence electrons. The summed E-state index contributed by atoms with van der Waals surface area (Å²) in [6.07, 6.45) is 4.33. The number of ether oxygens (including phenoxy) is 2. The predicted molar refractivity (Wildman–Crippen MR) is 165 cm³/mol. The molecular weight excluding hydrogens is 548 g/mol. The number of carbonyl (C=O) groups excluding carboxylic acids is 1. The van der Waals surface area contributed by atoms with Gasteiger partial charge in [0.25, 0.3) is 0 Å². The van der Waals surface area contributed by atoms with E-state index in [1.54, 1.807) is 24.4 Å². The topological polar surface area (TPSA) is 174 Å². The molecule has 4 rings (SSSR count). The number of amides is 2. The molecule has 1 aromatic heterocycles. The lowest BCUT2D eigenvalue weighted by atomic mass is 9.85. The van der Waals surface area contributed by atoms with Gasteiger partial charge in [0.2, 0.25) is 5.96 Å². The van der Waals surface area contributed by atoms with Crippen molar-refractivity contribution in [3.63, 3.8) is 0 Å². The molecule has 12 heteroatoms. The second-order valence-electron chi connectivity index (χ2n) is 11.9. The molecular formula is C31H44N8O4. The highest BCUT2D eigenvalue weighted by molar-refractivity contribution is 6.04. The number of nitrogens with two attached hydrogens (primary N) is 1. The van der Waals surface area contributed by atoms with E-state index < -0.39 is 6.03 Å². The molecule has 0 radical (unpaired) electrons. The third-order valence-electron chi connectivity index (χ3n) is 7.59. The van der Waals surface area contributed by atoms with E-state index in [0.29, 0.717) is 44.0 Å². The number of allylic oxidation sites excluding steroid dienone is 1. The number of nitrogens with zero attached hydrogens (tertiary/aromatic N) is 3. The van der Waals surface area contributed by atoms with Crippen LogP contribution in [0.25, 0.3) is 0 Å². The van der Waals surface area contributed by atoms with Gasteiger partial charge in [0.05, 0.1) is 44.6 Å². The summed E-state index contributed by atoms with van der Waals surface area (Å²) >= 11 is 0. The zero-order valence-electron chi connectivity index (χ0n) is 25.4. The number of aliphatic hydroxyl groups is 1. The van der Waals surface area contributed by atoms with E-state index in [0.717, 1.165) is 11.1 Å². The minimum atomic E-state index is -0.420. The first-order valence-electron chi connectivity index (χ1n) is 14.6. The smallest absolute Gasteiger partial charge is 0.320 e. The summed E-state index contributed by atoms with van der Waals surface area (Å²) in [5.41, 5.74) is 8.56. The number of hydrogen-bond acceptors (Lipinski definition) is 8. The van der Waals surface area contributed by atoms with E-state index >= 15 is 0 Å². The normalized spacial score (nSPS) is 21.1. The Bertz CT molecular complexity index is 1430. The Labute approximate surface area is 252 Å². The second-order valence-corrected chi connectivity index (χ2v) is 11.9. The van der Waals surface area contributed by atoms with Crippen molar-refractivity contribution in [1.82, 2.24) is 20.1 Å². The molecule has 1 aliphatic heterocycles.